The van der Waals surface area contributed by atoms with E-state index in [4.69, 9.17) is 5.73 Å². The summed E-state index contributed by atoms with van der Waals surface area (Å²) in [6, 6.07) is 5.75. The first kappa shape index (κ1) is 13.2. The van der Waals surface area contributed by atoms with Gasteiger partial charge in [0.2, 0.25) is 0 Å². The number of unbranched alkanes of at least 4 members (excludes halogenated alkanes) is 3. The van der Waals surface area contributed by atoms with Crippen molar-refractivity contribution in [2.45, 2.75) is 44.4 Å². The molecule has 0 saturated carbocycles. The number of hydrogen-bond donors (Lipinski definition) is 1. The van der Waals surface area contributed by atoms with Crippen LogP contribution in [0.5, 0.6) is 0 Å². The summed E-state index contributed by atoms with van der Waals surface area (Å²) < 4.78 is 12.0. The second kappa shape index (κ2) is 6.69. The summed E-state index contributed by atoms with van der Waals surface area (Å²) in [4.78, 5) is 0.802. The van der Waals surface area contributed by atoms with E-state index in [9.17, 15) is 4.21 Å². The molecule has 90 valence electrons. The summed E-state index contributed by atoms with van der Waals surface area (Å²) in [5.41, 5.74) is 7.63. The second-order valence-corrected chi connectivity index (χ2v) is 5.64. The Morgan fingerprint density at radius 2 is 2.00 bits per heavy atom. The Labute approximate surface area is 101 Å². The summed E-state index contributed by atoms with van der Waals surface area (Å²) in [5, 5.41) is 0. The van der Waals surface area contributed by atoms with E-state index >= 15 is 0 Å². The van der Waals surface area contributed by atoms with E-state index in [0.717, 1.165) is 29.1 Å². The van der Waals surface area contributed by atoms with Gasteiger partial charge < -0.3 is 5.73 Å². The van der Waals surface area contributed by atoms with E-state index in [0.29, 0.717) is 5.69 Å². The van der Waals surface area contributed by atoms with Crippen molar-refractivity contribution in [2.75, 3.05) is 11.5 Å². The van der Waals surface area contributed by atoms with Crippen LogP contribution in [0.3, 0.4) is 0 Å². The number of aryl methyl sites for hydroxylation is 1. The van der Waals surface area contributed by atoms with Gasteiger partial charge in [-0.05, 0) is 25.0 Å². The number of nitrogens with two attached hydrogens (primary N) is 1. The minimum atomic E-state index is -0.934. The van der Waals surface area contributed by atoms with Crippen molar-refractivity contribution in [1.29, 1.82) is 0 Å². The van der Waals surface area contributed by atoms with E-state index in [-0.39, 0.29) is 0 Å². The van der Waals surface area contributed by atoms with Crippen LogP contribution in [0, 0.1) is 6.92 Å². The first-order valence-electron chi connectivity index (χ1n) is 5.90. The van der Waals surface area contributed by atoms with Crippen molar-refractivity contribution in [2.24, 2.45) is 0 Å². The van der Waals surface area contributed by atoms with Crippen molar-refractivity contribution in [3.05, 3.63) is 23.8 Å². The fourth-order valence-corrected chi connectivity index (χ4v) is 2.94. The topological polar surface area (TPSA) is 43.1 Å². The van der Waals surface area contributed by atoms with Gasteiger partial charge in [-0.3, -0.25) is 4.21 Å². The van der Waals surface area contributed by atoms with Crippen LogP contribution in [0.2, 0.25) is 0 Å². The number of hydrogen-bond acceptors (Lipinski definition) is 2. The zero-order valence-electron chi connectivity index (χ0n) is 10.2. The van der Waals surface area contributed by atoms with E-state index in [1.165, 1.54) is 12.8 Å². The summed E-state index contributed by atoms with van der Waals surface area (Å²) in [6.07, 6.45) is 4.61. The molecule has 0 aliphatic carbocycles. The van der Waals surface area contributed by atoms with Gasteiger partial charge in [-0.25, -0.2) is 0 Å². The third kappa shape index (κ3) is 3.63. The van der Waals surface area contributed by atoms with Crippen molar-refractivity contribution in [3.63, 3.8) is 0 Å². The molecule has 1 atom stereocenters. The lowest BCUT2D eigenvalue weighted by Crippen LogP contribution is -2.03. The molecule has 0 radical (unpaired) electrons. The molecule has 0 spiro atoms. The van der Waals surface area contributed by atoms with Crippen molar-refractivity contribution < 1.29 is 4.21 Å². The zero-order chi connectivity index (χ0) is 12.0. The third-order valence-electron chi connectivity index (χ3n) is 2.71. The van der Waals surface area contributed by atoms with Crippen molar-refractivity contribution >= 4 is 16.5 Å². The quantitative estimate of drug-likeness (QED) is 0.611. The van der Waals surface area contributed by atoms with Crippen LogP contribution in [0.25, 0.3) is 0 Å². The molecule has 16 heavy (non-hydrogen) atoms. The highest BCUT2D eigenvalue weighted by atomic mass is 32.2. The molecular formula is C13H21NOS. The molecule has 2 nitrogen and oxygen atoms in total. The Hall–Kier alpha value is -0.830. The highest BCUT2D eigenvalue weighted by Gasteiger charge is 2.08. The second-order valence-electron chi connectivity index (χ2n) is 4.10. The van der Waals surface area contributed by atoms with E-state index in [1.54, 1.807) is 0 Å². The zero-order valence-corrected chi connectivity index (χ0v) is 11.0. The van der Waals surface area contributed by atoms with Crippen LogP contribution in [0.1, 0.15) is 38.2 Å². The average molecular weight is 239 g/mol. The van der Waals surface area contributed by atoms with Crippen LogP contribution < -0.4 is 5.73 Å². The van der Waals surface area contributed by atoms with Crippen LogP contribution in [0.4, 0.5) is 5.69 Å². The molecule has 1 aromatic carbocycles. The Morgan fingerprint density at radius 3 is 2.69 bits per heavy atom. The van der Waals surface area contributed by atoms with Crippen molar-refractivity contribution in [3.8, 4) is 0 Å². The molecular weight excluding hydrogens is 218 g/mol. The van der Waals surface area contributed by atoms with Gasteiger partial charge in [-0.15, -0.1) is 0 Å². The number of rotatable bonds is 6. The average Bonchev–Trinajstić information content (AvgIpc) is 2.28. The number of para-hydroxylation sites is 1. The summed E-state index contributed by atoms with van der Waals surface area (Å²) in [7, 11) is -0.934. The Kier molecular flexibility index (Phi) is 5.53. The molecule has 0 amide bonds. The molecule has 3 heteroatoms. The molecule has 1 unspecified atom stereocenters. The SMILES string of the molecule is CCCCCCS(=O)c1cccc(C)c1N. The van der Waals surface area contributed by atoms with Crippen LogP contribution in [0.15, 0.2) is 23.1 Å². The molecule has 1 aromatic rings. The lowest BCUT2D eigenvalue weighted by Gasteiger charge is -2.07. The molecule has 0 aromatic heterocycles. The van der Waals surface area contributed by atoms with Gasteiger partial charge in [0, 0.05) is 5.75 Å². The summed E-state index contributed by atoms with van der Waals surface area (Å²) in [6.45, 7) is 4.13. The molecule has 0 aliphatic rings. The molecule has 1 rings (SSSR count). The summed E-state index contributed by atoms with van der Waals surface area (Å²) in [5.74, 6) is 0.730. The molecule has 0 bridgehead atoms. The van der Waals surface area contributed by atoms with Crippen LogP contribution >= 0.6 is 0 Å². The lowest BCUT2D eigenvalue weighted by molar-refractivity contribution is 0.668. The van der Waals surface area contributed by atoms with Gasteiger partial charge in [0.15, 0.2) is 0 Å². The monoisotopic (exact) mass is 239 g/mol. The maximum Gasteiger partial charge on any atom is 0.0620 e. The maximum absolute atomic E-state index is 12.0. The van der Waals surface area contributed by atoms with Gasteiger partial charge in [0.25, 0.3) is 0 Å². The van der Waals surface area contributed by atoms with Gasteiger partial charge in [0.05, 0.1) is 21.4 Å². The highest BCUT2D eigenvalue weighted by molar-refractivity contribution is 7.85. The minimum Gasteiger partial charge on any atom is -0.398 e. The van der Waals surface area contributed by atoms with Gasteiger partial charge in [-0.1, -0.05) is 38.3 Å². The number of anilines is 1. The van der Waals surface area contributed by atoms with Gasteiger partial charge in [-0.2, -0.15) is 0 Å². The van der Waals surface area contributed by atoms with E-state index in [2.05, 4.69) is 6.92 Å². The molecule has 0 aliphatic heterocycles. The van der Waals surface area contributed by atoms with Crippen LogP contribution in [-0.4, -0.2) is 9.96 Å². The fourth-order valence-electron chi connectivity index (χ4n) is 1.62. The highest BCUT2D eigenvalue weighted by Crippen LogP contribution is 2.20. The van der Waals surface area contributed by atoms with Gasteiger partial charge >= 0.3 is 0 Å². The fraction of sp³-hybridized carbons (Fsp3) is 0.538. The Morgan fingerprint density at radius 1 is 1.25 bits per heavy atom. The molecule has 0 heterocycles. The standard InChI is InChI=1S/C13H21NOS/c1-3-4-5-6-10-16(15)12-9-7-8-11(2)13(12)14/h7-9H,3-6,10,14H2,1-2H3. The Bertz CT molecular complexity index is 363. The van der Waals surface area contributed by atoms with Gasteiger partial charge in [0.1, 0.15) is 0 Å². The molecule has 0 fully saturated rings. The van der Waals surface area contributed by atoms with E-state index < -0.39 is 10.8 Å². The Balaban J connectivity index is 2.56. The minimum absolute atomic E-state index is 0.691. The first-order valence-corrected chi connectivity index (χ1v) is 7.22. The largest absolute Gasteiger partial charge is 0.398 e. The van der Waals surface area contributed by atoms with E-state index in [1.807, 2.05) is 25.1 Å². The lowest BCUT2D eigenvalue weighted by atomic mass is 10.2. The number of benzene rings is 1. The first-order chi connectivity index (χ1) is 7.66. The normalized spacial score (nSPS) is 12.6. The van der Waals surface area contributed by atoms with Crippen molar-refractivity contribution in [1.82, 2.24) is 0 Å². The predicted molar refractivity (Wildman–Crippen MR) is 71.0 cm³/mol. The smallest absolute Gasteiger partial charge is 0.0620 e. The number of nitrogen functional groups attached to an aromatic ring is 1. The van der Waals surface area contributed by atoms with Crippen LogP contribution in [-0.2, 0) is 10.8 Å². The molecule has 0 saturated heterocycles. The molecule has 2 N–H and O–H groups in total. The summed E-state index contributed by atoms with van der Waals surface area (Å²) >= 11 is 0. The third-order valence-corrected chi connectivity index (χ3v) is 4.22. The maximum atomic E-state index is 12.0. The predicted octanol–water partition coefficient (Wildman–Crippen LogP) is 3.27.